The van der Waals surface area contributed by atoms with Gasteiger partial charge in [0.1, 0.15) is 0 Å². The first-order valence-corrected chi connectivity index (χ1v) is 4.44. The van der Waals surface area contributed by atoms with Crippen LogP contribution in [-0.4, -0.2) is 15.8 Å². The number of aliphatic hydroxyl groups excluding tert-OH is 1. The monoisotopic (exact) mass is 180 g/mol. The van der Waals surface area contributed by atoms with Crippen LogP contribution in [0, 0.1) is 0 Å². The summed E-state index contributed by atoms with van der Waals surface area (Å²) >= 11 is 0. The lowest BCUT2D eigenvalue weighted by molar-refractivity contribution is 0.0179. The van der Waals surface area contributed by atoms with Crippen molar-refractivity contribution in [2.75, 3.05) is 0 Å². The molecule has 0 spiro atoms. The lowest BCUT2D eigenvalue weighted by Crippen LogP contribution is -2.22. The summed E-state index contributed by atoms with van der Waals surface area (Å²) < 4.78 is 0. The molecule has 0 aromatic heterocycles. The molecule has 72 valence electrons. The fourth-order valence-electron chi connectivity index (χ4n) is 1.27. The molecule has 1 atom stereocenters. The molecule has 0 radical (unpaired) electrons. The third kappa shape index (κ3) is 3.57. The van der Waals surface area contributed by atoms with Gasteiger partial charge in [0.05, 0.1) is 11.7 Å². The molecule has 1 rings (SSSR count). The van der Waals surface area contributed by atoms with E-state index in [9.17, 15) is 10.2 Å². The predicted molar refractivity (Wildman–Crippen MR) is 52.3 cm³/mol. The quantitative estimate of drug-likeness (QED) is 0.745. The Hall–Kier alpha value is -0.860. The van der Waals surface area contributed by atoms with E-state index in [1.165, 1.54) is 0 Å². The van der Waals surface area contributed by atoms with Crippen LogP contribution in [0.2, 0.25) is 0 Å². The van der Waals surface area contributed by atoms with Crippen LogP contribution < -0.4 is 0 Å². The topological polar surface area (TPSA) is 40.5 Å². The predicted octanol–water partition coefficient (Wildman–Crippen LogP) is 1.88. The normalized spacial score (nSPS) is 14.2. The van der Waals surface area contributed by atoms with Crippen molar-refractivity contribution in [2.45, 2.75) is 32.0 Å². The summed E-state index contributed by atoms with van der Waals surface area (Å²) in [6.45, 7) is 3.39. The van der Waals surface area contributed by atoms with Crippen molar-refractivity contribution in [3.8, 4) is 0 Å². The van der Waals surface area contributed by atoms with Crippen molar-refractivity contribution in [1.82, 2.24) is 0 Å². The Bertz CT molecular complexity index is 249. The summed E-state index contributed by atoms with van der Waals surface area (Å²) in [5, 5.41) is 19.2. The van der Waals surface area contributed by atoms with E-state index in [2.05, 4.69) is 0 Å². The first-order valence-electron chi connectivity index (χ1n) is 4.44. The van der Waals surface area contributed by atoms with E-state index in [1.807, 2.05) is 30.3 Å². The van der Waals surface area contributed by atoms with Gasteiger partial charge in [0.25, 0.3) is 0 Å². The molecular weight excluding hydrogens is 164 g/mol. The van der Waals surface area contributed by atoms with Gasteiger partial charge in [-0.15, -0.1) is 0 Å². The molecule has 0 aliphatic carbocycles. The smallest absolute Gasteiger partial charge is 0.0817 e. The number of aliphatic hydroxyl groups is 2. The fourth-order valence-corrected chi connectivity index (χ4v) is 1.27. The Morgan fingerprint density at radius 2 is 1.77 bits per heavy atom. The molecule has 0 bridgehead atoms. The van der Waals surface area contributed by atoms with Gasteiger partial charge in [-0.3, -0.25) is 0 Å². The molecule has 0 heterocycles. The summed E-state index contributed by atoms with van der Waals surface area (Å²) in [4.78, 5) is 0. The van der Waals surface area contributed by atoms with E-state index in [-0.39, 0.29) is 0 Å². The number of rotatable bonds is 3. The second-order valence-electron chi connectivity index (χ2n) is 3.94. The maximum Gasteiger partial charge on any atom is 0.0817 e. The lowest BCUT2D eigenvalue weighted by atomic mass is 9.96. The molecule has 0 aliphatic rings. The molecule has 1 unspecified atom stereocenters. The van der Waals surface area contributed by atoms with Crippen LogP contribution in [0.25, 0.3) is 0 Å². The first kappa shape index (κ1) is 10.2. The molecule has 0 aliphatic heterocycles. The third-order valence-electron chi connectivity index (χ3n) is 1.88. The van der Waals surface area contributed by atoms with Crippen LogP contribution in [0.5, 0.6) is 0 Å². The number of hydrogen-bond donors (Lipinski definition) is 2. The zero-order chi connectivity index (χ0) is 9.90. The lowest BCUT2D eigenvalue weighted by Gasteiger charge is -2.21. The molecule has 1 aromatic carbocycles. The molecular formula is C11H16O2. The zero-order valence-corrected chi connectivity index (χ0v) is 8.07. The van der Waals surface area contributed by atoms with Crippen LogP contribution in [0.1, 0.15) is 31.9 Å². The minimum atomic E-state index is -0.824. The van der Waals surface area contributed by atoms with Crippen molar-refractivity contribution in [2.24, 2.45) is 0 Å². The van der Waals surface area contributed by atoms with Gasteiger partial charge in [-0.2, -0.15) is 0 Å². The highest BCUT2D eigenvalue weighted by Crippen LogP contribution is 2.22. The average molecular weight is 180 g/mol. The number of hydrogen-bond acceptors (Lipinski definition) is 2. The van der Waals surface area contributed by atoms with Crippen molar-refractivity contribution < 1.29 is 10.2 Å². The summed E-state index contributed by atoms with van der Waals surface area (Å²) in [7, 11) is 0. The van der Waals surface area contributed by atoms with E-state index in [0.29, 0.717) is 6.42 Å². The van der Waals surface area contributed by atoms with Gasteiger partial charge >= 0.3 is 0 Å². The van der Waals surface area contributed by atoms with Gasteiger partial charge in [-0.05, 0) is 19.4 Å². The van der Waals surface area contributed by atoms with Gasteiger partial charge < -0.3 is 10.2 Å². The highest BCUT2D eigenvalue weighted by atomic mass is 16.3. The summed E-state index contributed by atoms with van der Waals surface area (Å²) in [6.07, 6.45) is -0.224. The minimum Gasteiger partial charge on any atom is -0.390 e. The highest BCUT2D eigenvalue weighted by molar-refractivity contribution is 5.17. The van der Waals surface area contributed by atoms with E-state index < -0.39 is 11.7 Å². The second kappa shape index (κ2) is 3.90. The summed E-state index contributed by atoms with van der Waals surface area (Å²) in [5.74, 6) is 0. The Morgan fingerprint density at radius 3 is 2.23 bits per heavy atom. The SMILES string of the molecule is CC(C)(O)CC(O)c1ccccc1. The first-order chi connectivity index (χ1) is 5.99. The minimum absolute atomic E-state index is 0.358. The third-order valence-corrected chi connectivity index (χ3v) is 1.88. The van der Waals surface area contributed by atoms with Crippen LogP contribution in [-0.2, 0) is 0 Å². The van der Waals surface area contributed by atoms with Gasteiger partial charge in [-0.25, -0.2) is 0 Å². The molecule has 0 amide bonds. The van der Waals surface area contributed by atoms with E-state index >= 15 is 0 Å². The zero-order valence-electron chi connectivity index (χ0n) is 8.07. The highest BCUT2D eigenvalue weighted by Gasteiger charge is 2.19. The number of benzene rings is 1. The van der Waals surface area contributed by atoms with E-state index in [4.69, 9.17) is 0 Å². The maximum absolute atomic E-state index is 9.70. The second-order valence-corrected chi connectivity index (χ2v) is 3.94. The van der Waals surface area contributed by atoms with Gasteiger partial charge in [0.15, 0.2) is 0 Å². The summed E-state index contributed by atoms with van der Waals surface area (Å²) in [5.41, 5.74) is 0.0274. The van der Waals surface area contributed by atoms with E-state index in [0.717, 1.165) is 5.56 Å². The molecule has 0 fully saturated rings. The van der Waals surface area contributed by atoms with Crippen molar-refractivity contribution in [1.29, 1.82) is 0 Å². The Labute approximate surface area is 78.8 Å². The van der Waals surface area contributed by atoms with Crippen LogP contribution in [0.4, 0.5) is 0 Å². The van der Waals surface area contributed by atoms with Gasteiger partial charge in [0, 0.05) is 6.42 Å². The molecule has 2 heteroatoms. The van der Waals surface area contributed by atoms with Crippen LogP contribution in [0.15, 0.2) is 30.3 Å². The van der Waals surface area contributed by atoms with Gasteiger partial charge in [-0.1, -0.05) is 30.3 Å². The van der Waals surface area contributed by atoms with Crippen LogP contribution >= 0.6 is 0 Å². The Balaban J connectivity index is 2.64. The largest absolute Gasteiger partial charge is 0.390 e. The van der Waals surface area contributed by atoms with Crippen LogP contribution in [0.3, 0.4) is 0 Å². The fraction of sp³-hybridized carbons (Fsp3) is 0.455. The molecule has 2 nitrogen and oxygen atoms in total. The van der Waals surface area contributed by atoms with Gasteiger partial charge in [0.2, 0.25) is 0 Å². The Morgan fingerprint density at radius 1 is 1.23 bits per heavy atom. The molecule has 1 aromatic rings. The Kier molecular flexibility index (Phi) is 3.07. The maximum atomic E-state index is 9.70. The molecule has 0 saturated heterocycles. The van der Waals surface area contributed by atoms with Crippen molar-refractivity contribution in [3.63, 3.8) is 0 Å². The molecule has 0 saturated carbocycles. The average Bonchev–Trinajstić information content (AvgIpc) is 2.03. The standard InChI is InChI=1S/C11H16O2/c1-11(2,13)8-10(12)9-6-4-3-5-7-9/h3-7,10,12-13H,8H2,1-2H3. The summed E-state index contributed by atoms with van der Waals surface area (Å²) in [6, 6.07) is 9.37. The van der Waals surface area contributed by atoms with Crippen molar-refractivity contribution in [3.05, 3.63) is 35.9 Å². The molecule has 13 heavy (non-hydrogen) atoms. The van der Waals surface area contributed by atoms with E-state index in [1.54, 1.807) is 13.8 Å². The molecule has 2 N–H and O–H groups in total. The van der Waals surface area contributed by atoms with Crippen molar-refractivity contribution >= 4 is 0 Å².